The van der Waals surface area contributed by atoms with Gasteiger partial charge in [0.1, 0.15) is 17.4 Å². The average Bonchev–Trinajstić information content (AvgIpc) is 3.74. The van der Waals surface area contributed by atoms with Crippen molar-refractivity contribution in [2.45, 2.75) is 58.5 Å². The van der Waals surface area contributed by atoms with Crippen LogP contribution in [0.3, 0.4) is 0 Å². The van der Waals surface area contributed by atoms with E-state index in [2.05, 4.69) is 36.6 Å². The maximum atomic E-state index is 15.0. The van der Waals surface area contributed by atoms with E-state index in [0.29, 0.717) is 43.5 Å². The van der Waals surface area contributed by atoms with Crippen molar-refractivity contribution in [3.8, 4) is 5.75 Å². The number of aromatic nitrogens is 4. The molecule has 45 heavy (non-hydrogen) atoms. The van der Waals surface area contributed by atoms with Crippen LogP contribution in [0.2, 0.25) is 0 Å². The zero-order valence-corrected chi connectivity index (χ0v) is 25.9. The van der Waals surface area contributed by atoms with Crippen LogP contribution in [0.25, 0.3) is 0 Å². The molecule has 0 unspecified atom stereocenters. The summed E-state index contributed by atoms with van der Waals surface area (Å²) in [7, 11) is 0. The number of hydrogen-bond acceptors (Lipinski definition) is 6. The Morgan fingerprint density at radius 3 is 2.56 bits per heavy atom. The van der Waals surface area contributed by atoms with Crippen LogP contribution in [-0.4, -0.2) is 56.6 Å². The lowest BCUT2D eigenvalue weighted by molar-refractivity contribution is -0.132. The van der Waals surface area contributed by atoms with Crippen LogP contribution in [0, 0.1) is 30.5 Å². The highest BCUT2D eigenvalue weighted by molar-refractivity contribution is 5.79. The first-order valence-electron chi connectivity index (χ1n) is 16.3. The van der Waals surface area contributed by atoms with Gasteiger partial charge in [-0.2, -0.15) is 0 Å². The van der Waals surface area contributed by atoms with Crippen molar-refractivity contribution >= 4 is 11.9 Å². The quantitative estimate of drug-likeness (QED) is 0.233. The van der Waals surface area contributed by atoms with E-state index < -0.39 is 5.82 Å². The van der Waals surface area contributed by atoms with Crippen LogP contribution >= 0.6 is 0 Å². The number of aryl methyl sites for hydroxylation is 1. The second kappa shape index (κ2) is 13.0. The van der Waals surface area contributed by atoms with E-state index in [1.165, 1.54) is 30.9 Å². The lowest BCUT2D eigenvalue weighted by Crippen LogP contribution is -2.39. The third kappa shape index (κ3) is 6.87. The minimum Gasteiger partial charge on any atom is -0.493 e. The fraction of sp³-hybridized carbons (Fsp3) is 0.444. The van der Waals surface area contributed by atoms with Crippen molar-refractivity contribution in [1.29, 1.82) is 0 Å². The molecule has 4 heterocycles. The minimum atomic E-state index is -0.391. The van der Waals surface area contributed by atoms with Gasteiger partial charge in [0.05, 0.1) is 19.6 Å². The van der Waals surface area contributed by atoms with Gasteiger partial charge in [0.2, 0.25) is 11.9 Å². The molecule has 2 fully saturated rings. The number of amides is 1. The van der Waals surface area contributed by atoms with Gasteiger partial charge in [-0.3, -0.25) is 4.79 Å². The number of fused-ring (bicyclic) bond motifs is 1. The number of rotatable bonds is 10. The van der Waals surface area contributed by atoms with E-state index >= 15 is 4.39 Å². The topological polar surface area (TPSA) is 76.4 Å². The molecule has 1 amide bonds. The molecule has 3 aliphatic rings. The number of imidazole rings is 1. The summed E-state index contributed by atoms with van der Waals surface area (Å²) in [6.45, 7) is 6.35. The molecule has 0 radical (unpaired) electrons. The summed E-state index contributed by atoms with van der Waals surface area (Å²) in [4.78, 5) is 30.8. The maximum Gasteiger partial charge on any atom is 0.227 e. The van der Waals surface area contributed by atoms with Gasteiger partial charge in [0.25, 0.3) is 0 Å². The smallest absolute Gasteiger partial charge is 0.227 e. The number of halogens is 1. The lowest BCUT2D eigenvalue weighted by atomic mass is 9.90. The first-order valence-corrected chi connectivity index (χ1v) is 16.3. The largest absolute Gasteiger partial charge is 0.493 e. The third-order valence-electron chi connectivity index (χ3n) is 9.82. The molecule has 2 atom stereocenters. The van der Waals surface area contributed by atoms with Crippen molar-refractivity contribution in [2.75, 3.05) is 31.1 Å². The van der Waals surface area contributed by atoms with Crippen LogP contribution in [0.4, 0.5) is 10.3 Å². The van der Waals surface area contributed by atoms with E-state index in [1.54, 1.807) is 17.0 Å². The molecule has 2 aromatic heterocycles. The molecule has 7 rings (SSSR count). The fourth-order valence-electron chi connectivity index (χ4n) is 7.10. The zero-order chi connectivity index (χ0) is 30.8. The molecule has 234 valence electrons. The van der Waals surface area contributed by atoms with Crippen molar-refractivity contribution < 1.29 is 13.9 Å². The predicted octanol–water partition coefficient (Wildman–Crippen LogP) is 5.62. The second-order valence-electron chi connectivity index (χ2n) is 12.9. The van der Waals surface area contributed by atoms with Gasteiger partial charge >= 0.3 is 0 Å². The summed E-state index contributed by atoms with van der Waals surface area (Å²) in [5.41, 5.74) is 3.87. The number of nitrogens with zero attached hydrogens (tertiary/aromatic N) is 6. The van der Waals surface area contributed by atoms with Gasteiger partial charge in [0.15, 0.2) is 0 Å². The van der Waals surface area contributed by atoms with E-state index in [0.717, 1.165) is 60.8 Å². The Bertz CT molecular complexity index is 1620. The molecule has 9 heteroatoms. The highest BCUT2D eigenvalue weighted by atomic mass is 19.1. The molecule has 1 aliphatic carbocycles. The Balaban J connectivity index is 0.841. The van der Waals surface area contributed by atoms with Gasteiger partial charge < -0.3 is 19.1 Å². The van der Waals surface area contributed by atoms with Gasteiger partial charge in [0, 0.05) is 63.0 Å². The number of ether oxygens (including phenoxy) is 1. The second-order valence-corrected chi connectivity index (χ2v) is 12.9. The van der Waals surface area contributed by atoms with Gasteiger partial charge in [-0.1, -0.05) is 36.4 Å². The summed E-state index contributed by atoms with van der Waals surface area (Å²) < 4.78 is 23.2. The van der Waals surface area contributed by atoms with Gasteiger partial charge in [-0.25, -0.2) is 19.3 Å². The zero-order valence-electron chi connectivity index (χ0n) is 25.9. The lowest BCUT2D eigenvalue weighted by Gasteiger charge is -2.32. The van der Waals surface area contributed by atoms with Crippen molar-refractivity contribution in [1.82, 2.24) is 24.4 Å². The number of hydrogen-bond donors (Lipinski definition) is 0. The Kier molecular flexibility index (Phi) is 8.50. The molecule has 1 saturated carbocycles. The Labute approximate surface area is 264 Å². The fourth-order valence-corrected chi connectivity index (χ4v) is 7.10. The summed E-state index contributed by atoms with van der Waals surface area (Å²) in [5, 5.41) is 0. The number of anilines is 1. The summed E-state index contributed by atoms with van der Waals surface area (Å²) >= 11 is 0. The molecule has 2 aromatic carbocycles. The molecule has 0 bridgehead atoms. The molecule has 0 spiro atoms. The molecule has 1 saturated heterocycles. The maximum absolute atomic E-state index is 15.0. The Morgan fingerprint density at radius 2 is 1.78 bits per heavy atom. The first-order chi connectivity index (χ1) is 22.0. The standard InChI is InChI=1S/C36H41FN6O2/c1-25-21-39-36(40-22-25)41-12-9-27(10-13-41)32-18-28(32)11-16-45-31-8-7-29(33(37)20-31)19-35(44)42-14-15-43-30(23-38-34(43)24-42)17-26-5-3-2-4-6-26/h2-8,20-23,27-28,32H,9-19,24H2,1H3/t28-,32-/m1/s1. The van der Waals surface area contributed by atoms with E-state index in [1.807, 2.05) is 43.7 Å². The summed E-state index contributed by atoms with van der Waals surface area (Å²) in [6, 6.07) is 15.2. The Hall–Kier alpha value is -4.27. The van der Waals surface area contributed by atoms with Crippen molar-refractivity contribution in [3.63, 3.8) is 0 Å². The summed E-state index contributed by atoms with van der Waals surface area (Å²) in [5.74, 6) is 3.98. The highest BCUT2D eigenvalue weighted by Gasteiger charge is 2.43. The van der Waals surface area contributed by atoms with Crippen molar-refractivity contribution in [3.05, 3.63) is 101 Å². The average molecular weight is 609 g/mol. The molecular formula is C36H41FN6O2. The van der Waals surface area contributed by atoms with E-state index in [-0.39, 0.29) is 12.3 Å². The number of carbonyl (C=O) groups excluding carboxylic acids is 1. The van der Waals surface area contributed by atoms with Crippen LogP contribution in [0.5, 0.6) is 5.75 Å². The number of carbonyl (C=O) groups is 1. The van der Waals surface area contributed by atoms with Crippen LogP contribution in [-0.2, 0) is 30.7 Å². The van der Waals surface area contributed by atoms with Gasteiger partial charge in [-0.05, 0) is 73.1 Å². The predicted molar refractivity (Wildman–Crippen MR) is 170 cm³/mol. The third-order valence-corrected chi connectivity index (χ3v) is 9.82. The van der Waals surface area contributed by atoms with E-state index in [9.17, 15) is 4.79 Å². The van der Waals surface area contributed by atoms with Gasteiger partial charge in [-0.15, -0.1) is 0 Å². The molecular weight excluding hydrogens is 567 g/mol. The Morgan fingerprint density at radius 1 is 0.978 bits per heavy atom. The number of benzene rings is 2. The molecule has 4 aromatic rings. The van der Waals surface area contributed by atoms with Crippen LogP contribution in [0.1, 0.15) is 53.9 Å². The minimum absolute atomic E-state index is 0.0301. The molecule has 8 nitrogen and oxygen atoms in total. The van der Waals surface area contributed by atoms with E-state index in [4.69, 9.17) is 4.74 Å². The van der Waals surface area contributed by atoms with Crippen LogP contribution in [0.15, 0.2) is 67.1 Å². The summed E-state index contributed by atoms with van der Waals surface area (Å²) in [6.07, 6.45) is 11.1. The monoisotopic (exact) mass is 608 g/mol. The number of piperidine rings is 1. The first kappa shape index (κ1) is 29.4. The molecule has 0 N–H and O–H groups in total. The van der Waals surface area contributed by atoms with Crippen molar-refractivity contribution in [2.24, 2.45) is 17.8 Å². The highest BCUT2D eigenvalue weighted by Crippen LogP contribution is 2.49. The SMILES string of the molecule is Cc1cnc(N2CCC([C@H]3C[C@H]3CCOc3ccc(CC(=O)N4CCn5c(Cc6ccccc6)cnc5C4)c(F)c3)CC2)nc1. The normalized spacial score (nSPS) is 19.8. The molecule has 2 aliphatic heterocycles. The van der Waals surface area contributed by atoms with Crippen LogP contribution < -0.4 is 9.64 Å².